The van der Waals surface area contributed by atoms with Gasteiger partial charge in [0.1, 0.15) is 0 Å². The van der Waals surface area contributed by atoms with Gasteiger partial charge in [-0.15, -0.1) is 0 Å². The van der Waals surface area contributed by atoms with Gasteiger partial charge in [-0.25, -0.2) is 4.79 Å². The summed E-state index contributed by atoms with van der Waals surface area (Å²) in [7, 11) is 2.01. The SMILES string of the molecule is CCOC(=O)N1CCN(C(=O)[C@@H]2Cc3ccccc3CN2C)CC1. The lowest BCUT2D eigenvalue weighted by molar-refractivity contribution is -0.138. The van der Waals surface area contributed by atoms with Crippen LogP contribution in [-0.4, -0.2) is 72.6 Å². The molecular weight excluding hydrogens is 306 g/mol. The summed E-state index contributed by atoms with van der Waals surface area (Å²) < 4.78 is 5.02. The molecule has 6 heteroatoms. The van der Waals surface area contributed by atoms with Crippen LogP contribution in [0, 0.1) is 0 Å². The summed E-state index contributed by atoms with van der Waals surface area (Å²) in [6.07, 6.45) is 0.470. The summed E-state index contributed by atoms with van der Waals surface area (Å²) in [5.41, 5.74) is 2.57. The van der Waals surface area contributed by atoms with Crippen molar-refractivity contribution in [3.63, 3.8) is 0 Å². The first-order valence-electron chi connectivity index (χ1n) is 8.57. The van der Waals surface area contributed by atoms with Crippen LogP contribution in [0.15, 0.2) is 24.3 Å². The standard InChI is InChI=1S/C18H25N3O3/c1-3-24-18(23)21-10-8-20(9-11-21)17(22)16-12-14-6-4-5-7-15(14)13-19(16)2/h4-7,16H,3,8-13H2,1-2H3/t16-/m0/s1. The molecule has 24 heavy (non-hydrogen) atoms. The third kappa shape index (κ3) is 3.38. The van der Waals surface area contributed by atoms with Crippen LogP contribution in [0.3, 0.4) is 0 Å². The first kappa shape index (κ1) is 16.8. The molecule has 0 saturated carbocycles. The predicted molar refractivity (Wildman–Crippen MR) is 90.6 cm³/mol. The third-order valence-corrected chi connectivity index (χ3v) is 4.89. The van der Waals surface area contributed by atoms with Gasteiger partial charge in [0.15, 0.2) is 0 Å². The van der Waals surface area contributed by atoms with Crippen molar-refractivity contribution >= 4 is 12.0 Å². The molecule has 1 saturated heterocycles. The number of hydrogen-bond donors (Lipinski definition) is 0. The van der Waals surface area contributed by atoms with Gasteiger partial charge in [0, 0.05) is 32.7 Å². The lowest BCUT2D eigenvalue weighted by atomic mass is 9.93. The van der Waals surface area contributed by atoms with E-state index < -0.39 is 0 Å². The Morgan fingerprint density at radius 2 is 1.71 bits per heavy atom. The van der Waals surface area contributed by atoms with Gasteiger partial charge in [0.2, 0.25) is 5.91 Å². The molecule has 0 unspecified atom stereocenters. The van der Waals surface area contributed by atoms with E-state index in [2.05, 4.69) is 17.0 Å². The van der Waals surface area contributed by atoms with Crippen LogP contribution in [-0.2, 0) is 22.5 Å². The number of carbonyl (C=O) groups excluding carboxylic acids is 2. The fourth-order valence-corrected chi connectivity index (χ4v) is 3.46. The number of benzene rings is 1. The van der Waals surface area contributed by atoms with Gasteiger partial charge < -0.3 is 14.5 Å². The van der Waals surface area contributed by atoms with E-state index >= 15 is 0 Å². The number of fused-ring (bicyclic) bond motifs is 1. The Labute approximate surface area is 143 Å². The van der Waals surface area contributed by atoms with Crippen molar-refractivity contribution in [2.45, 2.75) is 25.9 Å². The zero-order valence-corrected chi connectivity index (χ0v) is 14.4. The van der Waals surface area contributed by atoms with Crippen molar-refractivity contribution in [1.82, 2.24) is 14.7 Å². The van der Waals surface area contributed by atoms with Gasteiger partial charge >= 0.3 is 6.09 Å². The number of piperazine rings is 1. The van der Waals surface area contributed by atoms with Gasteiger partial charge in [-0.2, -0.15) is 0 Å². The Bertz CT molecular complexity index is 611. The molecule has 0 N–H and O–H groups in total. The van der Waals surface area contributed by atoms with Crippen LogP contribution in [0.25, 0.3) is 0 Å². The second-order valence-corrected chi connectivity index (χ2v) is 6.42. The highest BCUT2D eigenvalue weighted by atomic mass is 16.6. The summed E-state index contributed by atoms with van der Waals surface area (Å²) in [5.74, 6) is 0.163. The van der Waals surface area contributed by atoms with Crippen LogP contribution in [0.2, 0.25) is 0 Å². The molecule has 2 amide bonds. The molecule has 2 aliphatic rings. The first-order chi connectivity index (χ1) is 11.6. The van der Waals surface area contributed by atoms with Gasteiger partial charge in [0.25, 0.3) is 0 Å². The minimum absolute atomic E-state index is 0.117. The highest BCUT2D eigenvalue weighted by Gasteiger charge is 2.34. The molecule has 0 spiro atoms. The van der Waals surface area contributed by atoms with Gasteiger partial charge in [-0.1, -0.05) is 24.3 Å². The largest absolute Gasteiger partial charge is 0.450 e. The predicted octanol–water partition coefficient (Wildman–Crippen LogP) is 1.34. The van der Waals surface area contributed by atoms with E-state index in [1.807, 2.05) is 24.1 Å². The maximum absolute atomic E-state index is 12.9. The average molecular weight is 331 g/mol. The number of rotatable bonds is 2. The van der Waals surface area contributed by atoms with Gasteiger partial charge in [0.05, 0.1) is 12.6 Å². The summed E-state index contributed by atoms with van der Waals surface area (Å²) in [6.45, 7) is 5.20. The smallest absolute Gasteiger partial charge is 0.409 e. The molecule has 0 radical (unpaired) electrons. The Morgan fingerprint density at radius 1 is 1.08 bits per heavy atom. The second kappa shape index (κ2) is 7.21. The van der Waals surface area contributed by atoms with E-state index in [-0.39, 0.29) is 18.0 Å². The van der Waals surface area contributed by atoms with Crippen molar-refractivity contribution < 1.29 is 14.3 Å². The lowest BCUT2D eigenvalue weighted by Crippen LogP contribution is -2.56. The Balaban J connectivity index is 1.61. The number of carbonyl (C=O) groups is 2. The van der Waals surface area contributed by atoms with Crippen LogP contribution < -0.4 is 0 Å². The van der Waals surface area contributed by atoms with E-state index in [0.717, 1.165) is 13.0 Å². The second-order valence-electron chi connectivity index (χ2n) is 6.42. The molecule has 1 aromatic rings. The average Bonchev–Trinajstić information content (AvgIpc) is 2.61. The quantitative estimate of drug-likeness (QED) is 0.821. The summed E-state index contributed by atoms with van der Waals surface area (Å²) in [4.78, 5) is 30.4. The minimum Gasteiger partial charge on any atom is -0.450 e. The Morgan fingerprint density at radius 3 is 2.38 bits per heavy atom. The molecule has 130 valence electrons. The van der Waals surface area contributed by atoms with Crippen molar-refractivity contribution in [3.8, 4) is 0 Å². The topological polar surface area (TPSA) is 53.1 Å². The molecule has 2 heterocycles. The van der Waals surface area contributed by atoms with E-state index in [0.29, 0.717) is 32.8 Å². The Kier molecular flexibility index (Phi) is 5.04. The maximum Gasteiger partial charge on any atom is 0.409 e. The van der Waals surface area contributed by atoms with Crippen LogP contribution in [0.1, 0.15) is 18.1 Å². The molecule has 1 aromatic carbocycles. The molecule has 1 fully saturated rings. The number of likely N-dealkylation sites (N-methyl/N-ethyl adjacent to an activating group) is 1. The van der Waals surface area contributed by atoms with Crippen LogP contribution in [0.4, 0.5) is 4.79 Å². The molecule has 0 bridgehead atoms. The van der Waals surface area contributed by atoms with Crippen LogP contribution >= 0.6 is 0 Å². The van der Waals surface area contributed by atoms with E-state index in [1.54, 1.807) is 11.8 Å². The van der Waals surface area contributed by atoms with Gasteiger partial charge in [-0.05, 0) is 31.5 Å². The minimum atomic E-state index is -0.284. The van der Waals surface area contributed by atoms with E-state index in [4.69, 9.17) is 4.74 Å². The fraction of sp³-hybridized carbons (Fsp3) is 0.556. The molecule has 0 aromatic heterocycles. The summed E-state index contributed by atoms with van der Waals surface area (Å²) in [6, 6.07) is 8.20. The highest BCUT2D eigenvalue weighted by molar-refractivity contribution is 5.83. The number of hydrogen-bond acceptors (Lipinski definition) is 4. The molecule has 6 nitrogen and oxygen atoms in total. The molecular formula is C18H25N3O3. The van der Waals surface area contributed by atoms with Crippen molar-refractivity contribution in [2.24, 2.45) is 0 Å². The first-order valence-corrected chi connectivity index (χ1v) is 8.57. The number of ether oxygens (including phenoxy) is 1. The van der Waals surface area contributed by atoms with Crippen molar-refractivity contribution in [3.05, 3.63) is 35.4 Å². The zero-order chi connectivity index (χ0) is 17.1. The monoisotopic (exact) mass is 331 g/mol. The third-order valence-electron chi connectivity index (χ3n) is 4.89. The summed E-state index contributed by atoms with van der Waals surface area (Å²) >= 11 is 0. The molecule has 3 rings (SSSR count). The fourth-order valence-electron chi connectivity index (χ4n) is 3.46. The molecule has 1 atom stereocenters. The zero-order valence-electron chi connectivity index (χ0n) is 14.4. The lowest BCUT2D eigenvalue weighted by Gasteiger charge is -2.39. The molecule has 0 aliphatic carbocycles. The number of nitrogens with zero attached hydrogens (tertiary/aromatic N) is 3. The van der Waals surface area contributed by atoms with E-state index in [9.17, 15) is 9.59 Å². The molecule has 2 aliphatic heterocycles. The van der Waals surface area contributed by atoms with Crippen molar-refractivity contribution in [1.29, 1.82) is 0 Å². The van der Waals surface area contributed by atoms with Crippen molar-refractivity contribution in [2.75, 3.05) is 39.8 Å². The number of amides is 2. The summed E-state index contributed by atoms with van der Waals surface area (Å²) in [5, 5.41) is 0. The Hall–Kier alpha value is -2.08. The maximum atomic E-state index is 12.9. The normalized spacial score (nSPS) is 21.3. The van der Waals surface area contributed by atoms with E-state index in [1.165, 1.54) is 11.1 Å². The highest BCUT2D eigenvalue weighted by Crippen LogP contribution is 2.23. The van der Waals surface area contributed by atoms with Crippen LogP contribution in [0.5, 0.6) is 0 Å². The van der Waals surface area contributed by atoms with Gasteiger partial charge in [-0.3, -0.25) is 9.69 Å².